The number of aromatic nitrogens is 1. The van der Waals surface area contributed by atoms with Crippen LogP contribution in [0.3, 0.4) is 0 Å². The van der Waals surface area contributed by atoms with E-state index in [1.54, 1.807) is 13.8 Å². The predicted octanol–water partition coefficient (Wildman–Crippen LogP) is 2.95. The van der Waals surface area contributed by atoms with E-state index in [9.17, 15) is 13.2 Å². The topological polar surface area (TPSA) is 88.2 Å². The second-order valence-electron chi connectivity index (χ2n) is 5.63. The molecule has 2 N–H and O–H groups in total. The van der Waals surface area contributed by atoms with Crippen LogP contribution in [0.2, 0.25) is 0 Å². The molecule has 0 saturated heterocycles. The summed E-state index contributed by atoms with van der Waals surface area (Å²) < 4.78 is 26.6. The third kappa shape index (κ3) is 4.40. The van der Waals surface area contributed by atoms with Gasteiger partial charge in [0.2, 0.25) is 10.0 Å². The Hall–Kier alpha value is -1.77. The molecule has 8 heteroatoms. The molecule has 0 saturated carbocycles. The van der Waals surface area contributed by atoms with Gasteiger partial charge in [0.25, 0.3) is 5.91 Å². The van der Waals surface area contributed by atoms with Gasteiger partial charge in [-0.05, 0) is 51.5 Å². The van der Waals surface area contributed by atoms with Crippen LogP contribution < -0.4 is 10.0 Å². The van der Waals surface area contributed by atoms with Crippen LogP contribution in [0.5, 0.6) is 0 Å². The molecule has 0 aliphatic carbocycles. The summed E-state index contributed by atoms with van der Waals surface area (Å²) in [5, 5.41) is 3.30. The van der Waals surface area contributed by atoms with Crippen molar-refractivity contribution in [3.8, 4) is 0 Å². The van der Waals surface area contributed by atoms with E-state index in [-0.39, 0.29) is 16.8 Å². The van der Waals surface area contributed by atoms with Gasteiger partial charge in [-0.25, -0.2) is 18.1 Å². The highest BCUT2D eigenvalue weighted by atomic mass is 32.2. The smallest absolute Gasteiger partial charge is 0.257 e. The van der Waals surface area contributed by atoms with Crippen molar-refractivity contribution in [3.05, 3.63) is 40.4 Å². The third-order valence-electron chi connectivity index (χ3n) is 3.27. The number of nitrogens with zero attached hydrogens (tertiary/aromatic N) is 1. The summed E-state index contributed by atoms with van der Waals surface area (Å²) in [6.45, 7) is 7.48. The molecule has 0 unspecified atom stereocenters. The number of thiazole rings is 1. The molecule has 24 heavy (non-hydrogen) atoms. The van der Waals surface area contributed by atoms with E-state index in [0.29, 0.717) is 10.7 Å². The first-order chi connectivity index (χ1) is 11.2. The molecular formula is C16H21N3O3S2. The highest BCUT2D eigenvalue weighted by molar-refractivity contribution is 7.89. The van der Waals surface area contributed by atoms with Crippen LogP contribution in [0.15, 0.2) is 29.2 Å². The van der Waals surface area contributed by atoms with Crippen molar-refractivity contribution in [1.29, 1.82) is 0 Å². The summed E-state index contributed by atoms with van der Waals surface area (Å²) in [6, 6.07) is 5.63. The fraction of sp³-hybridized carbons (Fsp3) is 0.375. The average molecular weight is 367 g/mol. The van der Waals surface area contributed by atoms with Crippen LogP contribution in [0.25, 0.3) is 0 Å². The van der Waals surface area contributed by atoms with E-state index in [1.807, 2.05) is 13.8 Å². The minimum absolute atomic E-state index is 0.131. The summed E-state index contributed by atoms with van der Waals surface area (Å²) in [5.41, 5.74) is 1.35. The molecule has 6 nitrogen and oxygen atoms in total. The molecule has 1 heterocycles. The van der Waals surface area contributed by atoms with Crippen molar-refractivity contribution >= 4 is 32.4 Å². The average Bonchev–Trinajstić information content (AvgIpc) is 2.85. The van der Waals surface area contributed by atoms with Gasteiger partial charge in [0.05, 0.1) is 10.6 Å². The number of aryl methyl sites for hydroxylation is 2. The largest absolute Gasteiger partial charge is 0.298 e. The zero-order chi connectivity index (χ0) is 17.9. The molecular weight excluding hydrogens is 346 g/mol. The number of benzene rings is 1. The zero-order valence-corrected chi connectivity index (χ0v) is 15.7. The van der Waals surface area contributed by atoms with Gasteiger partial charge in [0, 0.05) is 16.5 Å². The predicted molar refractivity (Wildman–Crippen MR) is 96.1 cm³/mol. The molecule has 0 atom stereocenters. The van der Waals surface area contributed by atoms with Gasteiger partial charge in [-0.15, -0.1) is 11.3 Å². The summed E-state index contributed by atoms with van der Waals surface area (Å²) in [7, 11) is -3.56. The Balaban J connectivity index is 2.13. The van der Waals surface area contributed by atoms with Gasteiger partial charge in [-0.2, -0.15) is 0 Å². The molecule has 0 bridgehead atoms. The summed E-state index contributed by atoms with van der Waals surface area (Å²) in [5.74, 6) is -0.313. The number of carbonyl (C=O) groups excluding carboxylic acids is 1. The first-order valence-electron chi connectivity index (χ1n) is 7.63. The van der Waals surface area contributed by atoms with Gasteiger partial charge in [0.1, 0.15) is 0 Å². The van der Waals surface area contributed by atoms with Crippen molar-refractivity contribution in [3.63, 3.8) is 0 Å². The monoisotopic (exact) mass is 367 g/mol. The number of anilines is 1. The highest BCUT2D eigenvalue weighted by Gasteiger charge is 2.16. The van der Waals surface area contributed by atoms with Crippen LogP contribution in [0.1, 0.15) is 41.7 Å². The minimum atomic E-state index is -3.56. The number of carbonyl (C=O) groups is 1. The van der Waals surface area contributed by atoms with Crippen LogP contribution in [0.4, 0.5) is 5.13 Å². The number of nitrogens with one attached hydrogen (secondary N) is 2. The van der Waals surface area contributed by atoms with Crippen LogP contribution >= 0.6 is 11.3 Å². The van der Waals surface area contributed by atoms with Gasteiger partial charge in [-0.1, -0.05) is 6.92 Å². The summed E-state index contributed by atoms with van der Waals surface area (Å²) in [6.07, 6.45) is 0.813. The van der Waals surface area contributed by atoms with E-state index in [1.165, 1.54) is 35.6 Å². The van der Waals surface area contributed by atoms with Crippen molar-refractivity contribution in [1.82, 2.24) is 9.71 Å². The lowest BCUT2D eigenvalue weighted by Gasteiger charge is -2.10. The quantitative estimate of drug-likeness (QED) is 0.821. The van der Waals surface area contributed by atoms with Crippen LogP contribution in [-0.4, -0.2) is 25.4 Å². The van der Waals surface area contributed by atoms with Crippen LogP contribution in [0, 0.1) is 6.92 Å². The molecule has 1 aromatic heterocycles. The second kappa shape index (κ2) is 7.42. The third-order valence-corrected chi connectivity index (χ3v) is 5.87. The Morgan fingerprint density at radius 1 is 1.25 bits per heavy atom. The second-order valence-corrected chi connectivity index (χ2v) is 8.55. The van der Waals surface area contributed by atoms with E-state index < -0.39 is 10.0 Å². The maximum Gasteiger partial charge on any atom is 0.257 e. The van der Waals surface area contributed by atoms with Crippen LogP contribution in [-0.2, 0) is 16.4 Å². The SMILES string of the molecule is CCc1nc(NC(=O)c2ccc(S(=O)(=O)NC(C)C)cc2)sc1C. The molecule has 0 aliphatic rings. The summed E-state index contributed by atoms with van der Waals surface area (Å²) >= 11 is 1.43. The number of amides is 1. The first kappa shape index (κ1) is 18.6. The lowest BCUT2D eigenvalue weighted by atomic mass is 10.2. The molecule has 1 amide bonds. The standard InChI is InChI=1S/C16H21N3O3S2/c1-5-14-11(4)23-16(17-14)18-15(20)12-6-8-13(9-7-12)24(21,22)19-10(2)3/h6-10,19H,5H2,1-4H3,(H,17,18,20). The molecule has 0 fully saturated rings. The van der Waals surface area contributed by atoms with E-state index in [2.05, 4.69) is 15.0 Å². The van der Waals surface area contributed by atoms with E-state index >= 15 is 0 Å². The Morgan fingerprint density at radius 2 is 1.88 bits per heavy atom. The van der Waals surface area contributed by atoms with Crippen molar-refractivity contribution < 1.29 is 13.2 Å². The maximum absolute atomic E-state index is 12.3. The Morgan fingerprint density at radius 3 is 2.38 bits per heavy atom. The number of sulfonamides is 1. The highest BCUT2D eigenvalue weighted by Crippen LogP contribution is 2.23. The number of hydrogen-bond donors (Lipinski definition) is 2. The lowest BCUT2D eigenvalue weighted by molar-refractivity contribution is 0.102. The zero-order valence-electron chi connectivity index (χ0n) is 14.1. The van der Waals surface area contributed by atoms with Gasteiger partial charge in [0.15, 0.2) is 5.13 Å². The normalized spacial score (nSPS) is 11.7. The van der Waals surface area contributed by atoms with Gasteiger partial charge >= 0.3 is 0 Å². The number of hydrogen-bond acceptors (Lipinski definition) is 5. The summed E-state index contributed by atoms with van der Waals surface area (Å²) in [4.78, 5) is 17.8. The van der Waals surface area contributed by atoms with Crippen molar-refractivity contribution in [2.24, 2.45) is 0 Å². The fourth-order valence-corrected chi connectivity index (χ4v) is 4.29. The molecule has 1 aromatic carbocycles. The molecule has 2 rings (SSSR count). The molecule has 0 spiro atoms. The fourth-order valence-electron chi connectivity index (χ4n) is 2.14. The molecule has 2 aromatic rings. The Kier molecular flexibility index (Phi) is 5.74. The first-order valence-corrected chi connectivity index (χ1v) is 9.93. The Bertz CT molecular complexity index is 825. The van der Waals surface area contributed by atoms with E-state index in [4.69, 9.17) is 0 Å². The number of rotatable bonds is 6. The van der Waals surface area contributed by atoms with Crippen molar-refractivity contribution in [2.75, 3.05) is 5.32 Å². The lowest BCUT2D eigenvalue weighted by Crippen LogP contribution is -2.30. The molecule has 0 aliphatic heterocycles. The van der Waals surface area contributed by atoms with Gasteiger partial charge in [-0.3, -0.25) is 10.1 Å². The molecule has 130 valence electrons. The Labute approximate surface area is 146 Å². The van der Waals surface area contributed by atoms with E-state index in [0.717, 1.165) is 17.0 Å². The molecule has 0 radical (unpaired) electrons. The van der Waals surface area contributed by atoms with Crippen molar-refractivity contribution in [2.45, 2.75) is 45.1 Å². The maximum atomic E-state index is 12.3. The van der Waals surface area contributed by atoms with Gasteiger partial charge < -0.3 is 0 Å². The minimum Gasteiger partial charge on any atom is -0.298 e.